The molecule has 2 aliphatic rings. The summed E-state index contributed by atoms with van der Waals surface area (Å²) in [5, 5.41) is 3.19. The van der Waals surface area contributed by atoms with Crippen molar-refractivity contribution >= 4 is 23.6 Å². The highest BCUT2D eigenvalue weighted by Gasteiger charge is 2.25. The van der Waals surface area contributed by atoms with Crippen LogP contribution in [0.3, 0.4) is 0 Å². The number of hydrogen-bond acceptors (Lipinski definition) is 5. The van der Waals surface area contributed by atoms with Crippen LogP contribution >= 0.6 is 0 Å². The lowest BCUT2D eigenvalue weighted by atomic mass is 9.91. The Morgan fingerprint density at radius 2 is 2.09 bits per heavy atom. The van der Waals surface area contributed by atoms with Crippen LogP contribution in [0.25, 0.3) is 0 Å². The number of allylic oxidation sites excluding steroid dienone is 6. The van der Waals surface area contributed by atoms with Crippen molar-refractivity contribution in [3.8, 4) is 5.75 Å². The lowest BCUT2D eigenvalue weighted by Crippen LogP contribution is -2.28. The number of nitrogens with zero attached hydrogens (tertiary/aromatic N) is 3. The number of benzene rings is 1. The molecule has 0 bridgehead atoms. The Balaban J connectivity index is 1.85. The molecule has 1 aromatic rings. The minimum absolute atomic E-state index is 0.00526. The van der Waals surface area contributed by atoms with E-state index in [2.05, 4.69) is 35.6 Å². The van der Waals surface area contributed by atoms with Gasteiger partial charge in [0, 0.05) is 44.4 Å². The van der Waals surface area contributed by atoms with E-state index in [4.69, 9.17) is 15.5 Å². The van der Waals surface area contributed by atoms with Gasteiger partial charge in [-0.3, -0.25) is 4.79 Å². The monoisotopic (exact) mass is 459 g/mol. The van der Waals surface area contributed by atoms with E-state index in [0.29, 0.717) is 12.3 Å². The molecule has 3 N–H and O–H groups in total. The number of ether oxygens (including phenoxy) is 1. The van der Waals surface area contributed by atoms with Crippen LogP contribution in [-0.2, 0) is 4.79 Å². The normalized spacial score (nSPS) is 19.0. The fourth-order valence-electron chi connectivity index (χ4n) is 3.94. The van der Waals surface area contributed by atoms with Gasteiger partial charge in [0.1, 0.15) is 11.9 Å². The lowest BCUT2D eigenvalue weighted by Gasteiger charge is -2.18. The first kappa shape index (κ1) is 24.8. The van der Waals surface area contributed by atoms with Gasteiger partial charge in [0.05, 0.1) is 24.3 Å². The van der Waals surface area contributed by atoms with Gasteiger partial charge < -0.3 is 20.7 Å². The minimum Gasteiger partial charge on any atom is -0.489 e. The highest BCUT2D eigenvalue weighted by atomic mass is 16.5. The average Bonchev–Trinajstić information content (AvgIpc) is 3.33. The number of aliphatic imine (C=N–C) groups is 2. The summed E-state index contributed by atoms with van der Waals surface area (Å²) in [6.45, 7) is 11.2. The summed E-state index contributed by atoms with van der Waals surface area (Å²) in [4.78, 5) is 22.3. The molecule has 34 heavy (non-hydrogen) atoms. The smallest absolute Gasteiger partial charge is 0.219 e. The zero-order valence-electron chi connectivity index (χ0n) is 20.0. The number of nitrogens with two attached hydrogens (primary N) is 1. The summed E-state index contributed by atoms with van der Waals surface area (Å²) in [6.07, 6.45) is 11.5. The van der Waals surface area contributed by atoms with Crippen molar-refractivity contribution in [1.29, 1.82) is 0 Å². The molecule has 1 aromatic carbocycles. The lowest BCUT2D eigenvalue weighted by molar-refractivity contribution is -0.128. The quantitative estimate of drug-likeness (QED) is 0.329. The average molecular weight is 460 g/mol. The number of carbonyl (C=O) groups is 1. The fourth-order valence-corrected chi connectivity index (χ4v) is 3.94. The van der Waals surface area contributed by atoms with Gasteiger partial charge in [-0.05, 0) is 54.3 Å². The van der Waals surface area contributed by atoms with Crippen LogP contribution in [0.2, 0.25) is 0 Å². The molecule has 0 aromatic heterocycles. The summed E-state index contributed by atoms with van der Waals surface area (Å²) in [7, 11) is 1.90. The Hall–Kier alpha value is -3.87. The number of amides is 1. The second-order valence-electron chi connectivity index (χ2n) is 8.13. The first-order valence-electron chi connectivity index (χ1n) is 11.4. The van der Waals surface area contributed by atoms with E-state index >= 15 is 0 Å². The number of carbonyl (C=O) groups excluding carboxylic acids is 1. The van der Waals surface area contributed by atoms with Gasteiger partial charge >= 0.3 is 0 Å². The molecule has 0 saturated carbocycles. The van der Waals surface area contributed by atoms with Gasteiger partial charge in [-0.15, -0.1) is 0 Å². The SMILES string of the molecule is C=C/C(=C/N=CN)C(=Nc1ccc(OC2CCN(C(C)=O)C2)cc1)C(=C)C1=CC(NC)=CCC1. The van der Waals surface area contributed by atoms with Gasteiger partial charge in [0.2, 0.25) is 5.91 Å². The molecule has 0 radical (unpaired) electrons. The van der Waals surface area contributed by atoms with Crippen LogP contribution in [0.5, 0.6) is 5.75 Å². The molecular formula is C27H33N5O2. The number of likely N-dealkylation sites (N-methyl/N-ethyl adjacent to an activating group) is 1. The standard InChI is InChI=1S/C27H33N5O2/c1-5-21(16-30-18-28)27(19(2)22-7-6-8-24(15-22)29-4)31-23-9-11-25(12-10-23)34-26-13-14-32(17-26)20(3)33/h5,8-12,15-16,18,26,29H,1-2,6-7,13-14,17H2,3-4H3,(H2,28,30)/b21-16-,31-27?. The molecule has 1 amide bonds. The number of nitrogens with one attached hydrogen (secondary N) is 1. The summed E-state index contributed by atoms with van der Waals surface area (Å²) in [5.74, 6) is 0.833. The maximum atomic E-state index is 11.6. The molecule has 1 unspecified atom stereocenters. The van der Waals surface area contributed by atoms with Crippen molar-refractivity contribution < 1.29 is 9.53 Å². The van der Waals surface area contributed by atoms with Gasteiger partial charge in [0.25, 0.3) is 0 Å². The third-order valence-corrected chi connectivity index (χ3v) is 5.83. The van der Waals surface area contributed by atoms with Gasteiger partial charge in [-0.1, -0.05) is 25.3 Å². The molecule has 1 heterocycles. The van der Waals surface area contributed by atoms with E-state index in [1.165, 1.54) is 6.34 Å². The van der Waals surface area contributed by atoms with Crippen molar-refractivity contribution in [3.05, 3.63) is 84.3 Å². The van der Waals surface area contributed by atoms with Gasteiger partial charge in [0.15, 0.2) is 0 Å². The summed E-state index contributed by atoms with van der Waals surface area (Å²) >= 11 is 0. The maximum Gasteiger partial charge on any atom is 0.219 e. The second kappa shape index (κ2) is 11.8. The van der Waals surface area contributed by atoms with Crippen molar-refractivity contribution in [3.63, 3.8) is 0 Å². The van der Waals surface area contributed by atoms with Gasteiger partial charge in [-0.25, -0.2) is 9.98 Å². The Bertz CT molecular complexity index is 1080. The largest absolute Gasteiger partial charge is 0.489 e. The zero-order valence-corrected chi connectivity index (χ0v) is 20.0. The van der Waals surface area contributed by atoms with Gasteiger partial charge in [-0.2, -0.15) is 0 Å². The maximum absolute atomic E-state index is 11.6. The molecule has 7 nitrogen and oxygen atoms in total. The summed E-state index contributed by atoms with van der Waals surface area (Å²) in [6, 6.07) is 7.60. The van der Waals surface area contributed by atoms with Crippen LogP contribution < -0.4 is 15.8 Å². The predicted molar refractivity (Wildman–Crippen MR) is 139 cm³/mol. The van der Waals surface area contributed by atoms with E-state index in [1.807, 2.05) is 36.2 Å². The number of rotatable bonds is 9. The molecule has 0 spiro atoms. The molecule has 178 valence electrons. The predicted octanol–water partition coefficient (Wildman–Crippen LogP) is 4.20. The number of hydrogen-bond donors (Lipinski definition) is 2. The first-order valence-corrected chi connectivity index (χ1v) is 11.4. The third-order valence-electron chi connectivity index (χ3n) is 5.83. The molecule has 1 saturated heterocycles. The Morgan fingerprint density at radius 1 is 1.32 bits per heavy atom. The number of likely N-dealkylation sites (tertiary alicyclic amines) is 1. The van der Waals surface area contributed by atoms with E-state index < -0.39 is 0 Å². The second-order valence-corrected chi connectivity index (χ2v) is 8.13. The van der Waals surface area contributed by atoms with Crippen molar-refractivity contribution in [2.24, 2.45) is 15.7 Å². The van der Waals surface area contributed by atoms with Crippen LogP contribution in [0.15, 0.2) is 94.3 Å². The van der Waals surface area contributed by atoms with Crippen LogP contribution in [0, 0.1) is 0 Å². The van der Waals surface area contributed by atoms with Crippen LogP contribution in [0.1, 0.15) is 26.2 Å². The third kappa shape index (κ3) is 6.34. The van der Waals surface area contributed by atoms with E-state index in [-0.39, 0.29) is 12.0 Å². The molecule has 1 fully saturated rings. The Labute approximate surface area is 201 Å². The molecular weight excluding hydrogens is 426 g/mol. The molecule has 1 aliphatic heterocycles. The highest BCUT2D eigenvalue weighted by Crippen LogP contribution is 2.28. The fraction of sp³-hybridized carbons (Fsp3) is 0.296. The van der Waals surface area contributed by atoms with E-state index in [0.717, 1.165) is 59.7 Å². The van der Waals surface area contributed by atoms with Crippen molar-refractivity contribution in [1.82, 2.24) is 10.2 Å². The van der Waals surface area contributed by atoms with Crippen molar-refractivity contribution in [2.45, 2.75) is 32.3 Å². The molecule has 3 rings (SSSR count). The van der Waals surface area contributed by atoms with E-state index in [9.17, 15) is 4.79 Å². The molecule has 7 heteroatoms. The van der Waals surface area contributed by atoms with Crippen LogP contribution in [-0.4, -0.2) is 49.1 Å². The first-order chi connectivity index (χ1) is 16.4. The summed E-state index contributed by atoms with van der Waals surface area (Å²) < 4.78 is 6.06. The van der Waals surface area contributed by atoms with E-state index in [1.54, 1.807) is 19.2 Å². The van der Waals surface area contributed by atoms with Crippen molar-refractivity contribution in [2.75, 3.05) is 20.1 Å². The zero-order chi connectivity index (χ0) is 24.5. The minimum atomic E-state index is 0.00526. The Morgan fingerprint density at radius 3 is 2.71 bits per heavy atom. The summed E-state index contributed by atoms with van der Waals surface area (Å²) in [5.41, 5.74) is 10.6. The molecule has 1 aliphatic carbocycles. The van der Waals surface area contributed by atoms with Crippen LogP contribution in [0.4, 0.5) is 5.69 Å². The Kier molecular flexibility index (Phi) is 8.62. The molecule has 1 atom stereocenters. The topological polar surface area (TPSA) is 92.3 Å². The highest BCUT2D eigenvalue weighted by molar-refractivity contribution is 6.17.